The van der Waals surface area contributed by atoms with Crippen LogP contribution in [0.2, 0.25) is 0 Å². The van der Waals surface area contributed by atoms with Gasteiger partial charge in [-0.3, -0.25) is 0 Å². The van der Waals surface area contributed by atoms with Crippen molar-refractivity contribution in [3.63, 3.8) is 0 Å². The van der Waals surface area contributed by atoms with Crippen LogP contribution in [0.5, 0.6) is 0 Å². The van der Waals surface area contributed by atoms with E-state index in [0.717, 1.165) is 0 Å². The molecule has 2 nitrogen and oxygen atoms in total. The average Bonchev–Trinajstić information content (AvgIpc) is 2.04. The summed E-state index contributed by atoms with van der Waals surface area (Å²) in [6.45, 7) is 2.12. The van der Waals surface area contributed by atoms with Gasteiger partial charge in [0.05, 0.1) is 5.69 Å². The van der Waals surface area contributed by atoms with Crippen molar-refractivity contribution in [3.8, 4) is 0 Å². The summed E-state index contributed by atoms with van der Waals surface area (Å²) in [5.41, 5.74) is 2.55. The van der Waals surface area contributed by atoms with E-state index in [1.165, 1.54) is 11.3 Å². The summed E-state index contributed by atoms with van der Waals surface area (Å²) in [5.74, 6) is 0. The van der Waals surface area contributed by atoms with Crippen molar-refractivity contribution >= 4 is 18.1 Å². The topological polar surface area (TPSA) is 6.48 Å². The van der Waals surface area contributed by atoms with Gasteiger partial charge in [-0.15, -0.1) is 12.4 Å². The fourth-order valence-corrected chi connectivity index (χ4v) is 1.14. The van der Waals surface area contributed by atoms with Gasteiger partial charge in [-0.05, 0) is 18.6 Å². The second kappa shape index (κ2) is 5.10. The lowest BCUT2D eigenvalue weighted by molar-refractivity contribution is 0.397. The van der Waals surface area contributed by atoms with Crippen LogP contribution in [-0.2, 0) is 0 Å². The molecular weight excluding hydrogens is 184 g/mol. The Hall–Kier alpha value is -0.730. The van der Waals surface area contributed by atoms with Gasteiger partial charge in [-0.25, -0.2) is 5.01 Å². The first kappa shape index (κ1) is 12.3. The predicted octanol–water partition coefficient (Wildman–Crippen LogP) is 2.33. The van der Waals surface area contributed by atoms with E-state index in [1.807, 2.05) is 14.1 Å². The minimum absolute atomic E-state index is 0. The standard InChI is InChI=1S/C10H16N2.ClH/c1-9-7-5-6-8-10(9)12(4)11(2)3;/h5-8H,1-4H3;1H. The molecule has 1 aromatic carbocycles. The van der Waals surface area contributed by atoms with E-state index >= 15 is 0 Å². The maximum absolute atomic E-state index is 2.12. The molecule has 0 atom stereocenters. The molecule has 13 heavy (non-hydrogen) atoms. The van der Waals surface area contributed by atoms with Crippen molar-refractivity contribution in [1.29, 1.82) is 0 Å². The molecule has 0 saturated carbocycles. The molecule has 0 radical (unpaired) electrons. The zero-order valence-corrected chi connectivity index (χ0v) is 9.43. The summed E-state index contributed by atoms with van der Waals surface area (Å²) < 4.78 is 0. The van der Waals surface area contributed by atoms with Crippen LogP contribution in [0, 0.1) is 6.92 Å². The molecule has 0 amide bonds. The number of halogens is 1. The highest BCUT2D eigenvalue weighted by Gasteiger charge is 2.03. The van der Waals surface area contributed by atoms with Crippen molar-refractivity contribution in [2.45, 2.75) is 6.92 Å². The second-order valence-electron chi connectivity index (χ2n) is 3.16. The number of rotatable bonds is 2. The van der Waals surface area contributed by atoms with E-state index in [1.54, 1.807) is 0 Å². The summed E-state index contributed by atoms with van der Waals surface area (Å²) in [7, 11) is 6.13. The van der Waals surface area contributed by atoms with E-state index in [0.29, 0.717) is 0 Å². The van der Waals surface area contributed by atoms with Gasteiger partial charge < -0.3 is 5.01 Å². The number of hydrazine groups is 1. The summed E-state index contributed by atoms with van der Waals surface area (Å²) in [6.07, 6.45) is 0. The van der Waals surface area contributed by atoms with Gasteiger partial charge in [0.2, 0.25) is 0 Å². The van der Waals surface area contributed by atoms with Crippen LogP contribution in [0.25, 0.3) is 0 Å². The van der Waals surface area contributed by atoms with E-state index in [4.69, 9.17) is 0 Å². The zero-order valence-electron chi connectivity index (χ0n) is 8.61. The van der Waals surface area contributed by atoms with Crippen LogP contribution >= 0.6 is 12.4 Å². The minimum atomic E-state index is 0. The number of anilines is 1. The van der Waals surface area contributed by atoms with Crippen LogP contribution in [0.3, 0.4) is 0 Å². The molecule has 0 saturated heterocycles. The fraction of sp³-hybridized carbons (Fsp3) is 0.400. The Morgan fingerprint density at radius 2 is 1.54 bits per heavy atom. The van der Waals surface area contributed by atoms with Crippen LogP contribution in [0.15, 0.2) is 24.3 Å². The molecule has 1 aromatic rings. The molecule has 3 heteroatoms. The normalized spacial score (nSPS) is 9.62. The molecular formula is C10H17ClN2. The summed E-state index contributed by atoms with van der Waals surface area (Å²) in [4.78, 5) is 0. The third-order valence-corrected chi connectivity index (χ3v) is 2.06. The Kier molecular flexibility index (Phi) is 4.81. The number of hydrogen-bond acceptors (Lipinski definition) is 2. The van der Waals surface area contributed by atoms with Gasteiger partial charge in [-0.2, -0.15) is 0 Å². The highest BCUT2D eigenvalue weighted by Crippen LogP contribution is 2.17. The van der Waals surface area contributed by atoms with Gasteiger partial charge in [0, 0.05) is 21.1 Å². The zero-order chi connectivity index (χ0) is 9.14. The molecule has 0 bridgehead atoms. The van der Waals surface area contributed by atoms with E-state index in [2.05, 4.69) is 48.3 Å². The van der Waals surface area contributed by atoms with Crippen molar-refractivity contribution in [3.05, 3.63) is 29.8 Å². The van der Waals surface area contributed by atoms with E-state index < -0.39 is 0 Å². The molecule has 0 N–H and O–H groups in total. The smallest absolute Gasteiger partial charge is 0.0547 e. The van der Waals surface area contributed by atoms with Crippen LogP contribution in [0.4, 0.5) is 5.69 Å². The lowest BCUT2D eigenvalue weighted by Gasteiger charge is -2.27. The quantitative estimate of drug-likeness (QED) is 0.677. The molecule has 0 aliphatic rings. The van der Waals surface area contributed by atoms with Crippen LogP contribution in [-0.4, -0.2) is 26.2 Å². The Labute approximate surface area is 86.5 Å². The first-order valence-corrected chi connectivity index (χ1v) is 4.09. The number of hydrogen-bond donors (Lipinski definition) is 0. The van der Waals surface area contributed by atoms with Gasteiger partial charge in [0.1, 0.15) is 0 Å². The Morgan fingerprint density at radius 3 is 2.00 bits per heavy atom. The first-order valence-electron chi connectivity index (χ1n) is 4.09. The summed E-state index contributed by atoms with van der Waals surface area (Å²) in [6, 6.07) is 8.36. The molecule has 0 aliphatic carbocycles. The summed E-state index contributed by atoms with van der Waals surface area (Å²) in [5, 5.41) is 4.18. The van der Waals surface area contributed by atoms with Gasteiger partial charge in [0.25, 0.3) is 0 Å². The third kappa shape index (κ3) is 2.90. The molecule has 74 valence electrons. The molecule has 0 spiro atoms. The lowest BCUT2D eigenvalue weighted by Crippen LogP contribution is -2.33. The lowest BCUT2D eigenvalue weighted by atomic mass is 10.2. The average molecular weight is 201 g/mol. The largest absolute Gasteiger partial charge is 0.309 e. The van der Waals surface area contributed by atoms with E-state index in [9.17, 15) is 0 Å². The van der Waals surface area contributed by atoms with Gasteiger partial charge in [-0.1, -0.05) is 18.2 Å². The maximum Gasteiger partial charge on any atom is 0.0547 e. The Bertz CT molecular complexity index is 261. The minimum Gasteiger partial charge on any atom is -0.309 e. The fourth-order valence-electron chi connectivity index (χ4n) is 1.14. The maximum atomic E-state index is 2.12. The summed E-state index contributed by atoms with van der Waals surface area (Å²) >= 11 is 0. The molecule has 0 unspecified atom stereocenters. The first-order chi connectivity index (χ1) is 5.63. The highest BCUT2D eigenvalue weighted by molar-refractivity contribution is 5.85. The number of para-hydroxylation sites is 1. The van der Waals surface area contributed by atoms with Crippen molar-refractivity contribution in [2.24, 2.45) is 0 Å². The number of aryl methyl sites for hydroxylation is 1. The van der Waals surface area contributed by atoms with Crippen molar-refractivity contribution in [1.82, 2.24) is 5.01 Å². The van der Waals surface area contributed by atoms with Crippen molar-refractivity contribution < 1.29 is 0 Å². The monoisotopic (exact) mass is 200 g/mol. The molecule has 1 rings (SSSR count). The number of nitrogens with zero attached hydrogens (tertiary/aromatic N) is 2. The van der Waals surface area contributed by atoms with Gasteiger partial charge >= 0.3 is 0 Å². The van der Waals surface area contributed by atoms with E-state index in [-0.39, 0.29) is 12.4 Å². The third-order valence-electron chi connectivity index (χ3n) is 2.06. The van der Waals surface area contributed by atoms with Crippen LogP contribution < -0.4 is 5.01 Å². The predicted molar refractivity (Wildman–Crippen MR) is 60.5 cm³/mol. The molecule has 0 aromatic heterocycles. The molecule has 0 aliphatic heterocycles. The van der Waals surface area contributed by atoms with Crippen LogP contribution in [0.1, 0.15) is 5.56 Å². The van der Waals surface area contributed by atoms with Crippen molar-refractivity contribution in [2.75, 3.05) is 26.2 Å². The Morgan fingerprint density at radius 1 is 1.00 bits per heavy atom. The molecule has 0 fully saturated rings. The molecule has 0 heterocycles. The second-order valence-corrected chi connectivity index (χ2v) is 3.16. The SMILES string of the molecule is Cc1ccccc1N(C)N(C)C.Cl. The Balaban J connectivity index is 0.00000144. The number of benzene rings is 1. The highest BCUT2D eigenvalue weighted by atomic mass is 35.5. The van der Waals surface area contributed by atoms with Gasteiger partial charge in [0.15, 0.2) is 0 Å².